The predicted octanol–water partition coefficient (Wildman–Crippen LogP) is 3.96. The van der Waals surface area contributed by atoms with Gasteiger partial charge in [0.25, 0.3) is 0 Å². The highest BCUT2D eigenvalue weighted by Crippen LogP contribution is 2.17. The molecule has 2 heterocycles. The van der Waals surface area contributed by atoms with Gasteiger partial charge in [0.2, 0.25) is 5.88 Å². The monoisotopic (exact) mass is 383 g/mol. The van der Waals surface area contributed by atoms with Crippen molar-refractivity contribution in [3.05, 3.63) is 70.3 Å². The lowest BCUT2D eigenvalue weighted by Gasteiger charge is -2.06. The maximum absolute atomic E-state index is 5.65. The molecule has 27 heavy (non-hydrogen) atoms. The average Bonchev–Trinajstić information content (AvgIpc) is 3.20. The molecule has 0 bridgehead atoms. The summed E-state index contributed by atoms with van der Waals surface area (Å²) in [5.74, 6) is 1.41. The van der Waals surface area contributed by atoms with Gasteiger partial charge in [0.15, 0.2) is 6.61 Å². The Morgan fingerprint density at radius 1 is 1.04 bits per heavy atom. The smallest absolute Gasteiger partial charge is 0.213 e. The third kappa shape index (κ3) is 6.38. The Morgan fingerprint density at radius 2 is 1.93 bits per heavy atom. The fourth-order valence-corrected chi connectivity index (χ4v) is 2.91. The standard InChI is InChI=1S/C20H21N3O3S/c1-2-24-20-8-5-17(12-22-20)13-23-26-10-9-25-18-6-3-16(4-7-18)11-19-14-21-15-27-19/h3-8,12-15H,2,9-11H2,1H3. The minimum Gasteiger partial charge on any atom is -0.490 e. The van der Waals surface area contributed by atoms with Gasteiger partial charge in [-0.1, -0.05) is 17.3 Å². The van der Waals surface area contributed by atoms with E-state index in [9.17, 15) is 0 Å². The predicted molar refractivity (Wildman–Crippen MR) is 106 cm³/mol. The number of ether oxygens (including phenoxy) is 2. The van der Waals surface area contributed by atoms with Crippen LogP contribution in [0, 0.1) is 0 Å². The van der Waals surface area contributed by atoms with Crippen LogP contribution in [0.5, 0.6) is 11.6 Å². The fraction of sp³-hybridized carbons (Fsp3) is 0.250. The SMILES string of the molecule is CCOc1ccc(C=NOCCOc2ccc(Cc3cncs3)cc2)cn1. The number of thiazole rings is 1. The first-order valence-corrected chi connectivity index (χ1v) is 9.55. The molecule has 6 nitrogen and oxygen atoms in total. The Labute approximate surface area is 162 Å². The molecule has 2 aromatic heterocycles. The van der Waals surface area contributed by atoms with Gasteiger partial charge in [-0.3, -0.25) is 4.98 Å². The van der Waals surface area contributed by atoms with Crippen molar-refractivity contribution in [1.29, 1.82) is 0 Å². The first kappa shape index (κ1) is 18.8. The van der Waals surface area contributed by atoms with Crippen molar-refractivity contribution >= 4 is 17.6 Å². The number of rotatable bonds is 10. The van der Waals surface area contributed by atoms with Crippen LogP contribution >= 0.6 is 11.3 Å². The zero-order chi connectivity index (χ0) is 18.7. The molecule has 0 amide bonds. The second-order valence-electron chi connectivity index (χ2n) is 5.57. The maximum atomic E-state index is 5.65. The molecule has 140 valence electrons. The van der Waals surface area contributed by atoms with E-state index in [0.717, 1.165) is 17.7 Å². The van der Waals surface area contributed by atoms with Gasteiger partial charge in [-0.2, -0.15) is 0 Å². The Balaban J connectivity index is 1.35. The molecular formula is C20H21N3O3S. The lowest BCUT2D eigenvalue weighted by atomic mass is 10.1. The summed E-state index contributed by atoms with van der Waals surface area (Å²) in [4.78, 5) is 14.7. The zero-order valence-electron chi connectivity index (χ0n) is 15.1. The largest absolute Gasteiger partial charge is 0.490 e. The number of hydrogen-bond donors (Lipinski definition) is 0. The second-order valence-corrected chi connectivity index (χ2v) is 6.54. The van der Waals surface area contributed by atoms with E-state index in [4.69, 9.17) is 14.3 Å². The van der Waals surface area contributed by atoms with E-state index in [1.54, 1.807) is 29.8 Å². The molecule has 0 aliphatic rings. The molecule has 0 N–H and O–H groups in total. The Kier molecular flexibility index (Phi) is 7.17. The topological polar surface area (TPSA) is 65.8 Å². The van der Waals surface area contributed by atoms with Crippen LogP contribution < -0.4 is 9.47 Å². The van der Waals surface area contributed by atoms with Crippen molar-refractivity contribution < 1.29 is 14.3 Å². The summed E-state index contributed by atoms with van der Waals surface area (Å²) >= 11 is 1.66. The summed E-state index contributed by atoms with van der Waals surface area (Å²) in [6.45, 7) is 3.30. The van der Waals surface area contributed by atoms with Crippen LogP contribution in [0.15, 0.2) is 59.5 Å². The van der Waals surface area contributed by atoms with Crippen LogP contribution in [0.3, 0.4) is 0 Å². The van der Waals surface area contributed by atoms with E-state index in [0.29, 0.717) is 25.7 Å². The van der Waals surface area contributed by atoms with Crippen LogP contribution in [0.4, 0.5) is 0 Å². The first-order chi connectivity index (χ1) is 13.3. The number of oxime groups is 1. The second kappa shape index (κ2) is 10.3. The molecule has 0 saturated heterocycles. The van der Waals surface area contributed by atoms with Gasteiger partial charge >= 0.3 is 0 Å². The van der Waals surface area contributed by atoms with Crippen LogP contribution in [0.2, 0.25) is 0 Å². The quantitative estimate of drug-likeness (QED) is 0.301. The van der Waals surface area contributed by atoms with Gasteiger partial charge in [-0.25, -0.2) is 4.98 Å². The molecular weight excluding hydrogens is 362 g/mol. The van der Waals surface area contributed by atoms with Crippen LogP contribution in [0.1, 0.15) is 22.9 Å². The van der Waals surface area contributed by atoms with Gasteiger partial charge in [-0.05, 0) is 30.7 Å². The lowest BCUT2D eigenvalue weighted by Crippen LogP contribution is -2.04. The van der Waals surface area contributed by atoms with Gasteiger partial charge < -0.3 is 14.3 Å². The fourth-order valence-electron chi connectivity index (χ4n) is 2.28. The van der Waals surface area contributed by atoms with Gasteiger partial charge in [0.05, 0.1) is 18.3 Å². The van der Waals surface area contributed by atoms with Crippen LogP contribution in [-0.2, 0) is 11.3 Å². The molecule has 0 aliphatic heterocycles. The normalized spacial score (nSPS) is 10.9. The highest BCUT2D eigenvalue weighted by molar-refractivity contribution is 7.09. The van der Waals surface area contributed by atoms with Crippen LogP contribution in [-0.4, -0.2) is 36.0 Å². The average molecular weight is 383 g/mol. The minimum atomic E-state index is 0.365. The number of benzene rings is 1. The minimum absolute atomic E-state index is 0.365. The van der Waals surface area contributed by atoms with Crippen molar-refractivity contribution in [3.8, 4) is 11.6 Å². The van der Waals surface area contributed by atoms with Gasteiger partial charge in [-0.15, -0.1) is 11.3 Å². The van der Waals surface area contributed by atoms with Gasteiger partial charge in [0, 0.05) is 35.3 Å². The van der Waals surface area contributed by atoms with Crippen molar-refractivity contribution in [2.45, 2.75) is 13.3 Å². The molecule has 0 saturated carbocycles. The molecule has 0 radical (unpaired) electrons. The summed E-state index contributed by atoms with van der Waals surface area (Å²) in [7, 11) is 0. The van der Waals surface area contributed by atoms with E-state index in [1.165, 1.54) is 10.4 Å². The van der Waals surface area contributed by atoms with Crippen molar-refractivity contribution in [2.75, 3.05) is 19.8 Å². The van der Waals surface area contributed by atoms with Gasteiger partial charge in [0.1, 0.15) is 12.4 Å². The van der Waals surface area contributed by atoms with Crippen molar-refractivity contribution in [2.24, 2.45) is 5.16 Å². The Morgan fingerprint density at radius 3 is 2.63 bits per heavy atom. The summed E-state index contributed by atoms with van der Waals surface area (Å²) < 4.78 is 10.9. The molecule has 3 aromatic rings. The molecule has 0 unspecified atom stereocenters. The summed E-state index contributed by atoms with van der Waals surface area (Å²) in [5, 5.41) is 3.91. The Bertz CT molecular complexity index is 819. The molecule has 3 rings (SSSR count). The van der Waals surface area contributed by atoms with E-state index < -0.39 is 0 Å². The zero-order valence-corrected chi connectivity index (χ0v) is 15.9. The number of pyridine rings is 1. The summed E-state index contributed by atoms with van der Waals surface area (Å²) in [6, 6.07) is 11.7. The molecule has 0 aliphatic carbocycles. The third-order valence-electron chi connectivity index (χ3n) is 3.56. The molecule has 7 heteroatoms. The molecule has 0 spiro atoms. The van der Waals surface area contributed by atoms with Crippen LogP contribution in [0.25, 0.3) is 0 Å². The highest BCUT2D eigenvalue weighted by Gasteiger charge is 1.99. The molecule has 0 fully saturated rings. The molecule has 1 aromatic carbocycles. The van der Waals surface area contributed by atoms with E-state index in [2.05, 4.69) is 27.3 Å². The summed E-state index contributed by atoms with van der Waals surface area (Å²) in [6.07, 6.45) is 6.08. The number of hydrogen-bond acceptors (Lipinski definition) is 7. The maximum Gasteiger partial charge on any atom is 0.213 e. The lowest BCUT2D eigenvalue weighted by molar-refractivity contribution is 0.108. The Hall–Kier alpha value is -2.93. The first-order valence-electron chi connectivity index (χ1n) is 8.67. The van der Waals surface area contributed by atoms with E-state index in [1.807, 2.05) is 36.8 Å². The van der Waals surface area contributed by atoms with E-state index in [-0.39, 0.29) is 0 Å². The highest BCUT2D eigenvalue weighted by atomic mass is 32.1. The molecule has 0 atom stereocenters. The van der Waals surface area contributed by atoms with E-state index >= 15 is 0 Å². The number of nitrogens with zero attached hydrogens (tertiary/aromatic N) is 3. The summed E-state index contributed by atoms with van der Waals surface area (Å²) in [5.41, 5.74) is 3.93. The van der Waals surface area contributed by atoms with Crippen molar-refractivity contribution in [3.63, 3.8) is 0 Å². The number of aromatic nitrogens is 2. The van der Waals surface area contributed by atoms with Crippen molar-refractivity contribution in [1.82, 2.24) is 9.97 Å². The third-order valence-corrected chi connectivity index (χ3v) is 4.34.